The first-order valence-corrected chi connectivity index (χ1v) is 6.37. The topological polar surface area (TPSA) is 77.0 Å². The Kier molecular flexibility index (Phi) is 4.72. The number of rotatable bonds is 3. The normalized spacial score (nSPS) is 34.8. The molecule has 2 heterocycles. The summed E-state index contributed by atoms with van der Waals surface area (Å²) in [5.74, 6) is 0. The molecule has 3 unspecified atom stereocenters. The van der Waals surface area contributed by atoms with Crippen molar-refractivity contribution in [3.8, 4) is 0 Å². The van der Waals surface area contributed by atoms with Crippen molar-refractivity contribution in [1.82, 2.24) is 9.80 Å². The van der Waals surface area contributed by atoms with Crippen LogP contribution in [0.25, 0.3) is 0 Å². The van der Waals surface area contributed by atoms with E-state index in [9.17, 15) is 0 Å². The van der Waals surface area contributed by atoms with E-state index in [1.54, 1.807) is 0 Å². The molecule has 2 aliphatic heterocycles. The van der Waals surface area contributed by atoms with Gasteiger partial charge in [0.1, 0.15) is 0 Å². The van der Waals surface area contributed by atoms with Gasteiger partial charge in [-0.2, -0.15) is 0 Å². The molecule has 2 saturated heterocycles. The predicted molar refractivity (Wildman–Crippen MR) is 65.3 cm³/mol. The number of hydrogen-bond donors (Lipinski definition) is 2. The van der Waals surface area contributed by atoms with E-state index in [0.717, 1.165) is 39.5 Å². The molecule has 6 nitrogen and oxygen atoms in total. The number of nitrogens with zero attached hydrogens (tertiary/aromatic N) is 2. The Morgan fingerprint density at radius 2 is 1.94 bits per heavy atom. The fraction of sp³-hybridized carbons (Fsp3) is 1.00. The van der Waals surface area contributed by atoms with Crippen LogP contribution in [0.2, 0.25) is 0 Å². The highest BCUT2D eigenvalue weighted by Gasteiger charge is 2.36. The fourth-order valence-corrected chi connectivity index (χ4v) is 2.70. The van der Waals surface area contributed by atoms with E-state index in [4.69, 9.17) is 20.9 Å². The van der Waals surface area contributed by atoms with Crippen molar-refractivity contribution < 1.29 is 9.47 Å². The van der Waals surface area contributed by atoms with Crippen LogP contribution < -0.4 is 11.5 Å². The molecule has 100 valence electrons. The molecule has 0 amide bonds. The van der Waals surface area contributed by atoms with E-state index in [0.29, 0.717) is 6.67 Å². The van der Waals surface area contributed by atoms with E-state index in [2.05, 4.69) is 16.7 Å². The second-order valence-electron chi connectivity index (χ2n) is 4.70. The molecule has 6 heteroatoms. The molecular formula is C11H24N4O2. The molecule has 0 bridgehead atoms. The molecule has 0 saturated carbocycles. The van der Waals surface area contributed by atoms with Crippen LogP contribution in [0.4, 0.5) is 0 Å². The van der Waals surface area contributed by atoms with Gasteiger partial charge in [0.25, 0.3) is 0 Å². The Bertz CT molecular complexity index is 236. The molecular weight excluding hydrogens is 220 g/mol. The number of ether oxygens (including phenoxy) is 2. The van der Waals surface area contributed by atoms with Crippen LogP contribution in [-0.2, 0) is 9.47 Å². The van der Waals surface area contributed by atoms with Gasteiger partial charge in [0.15, 0.2) is 0 Å². The second kappa shape index (κ2) is 6.08. The van der Waals surface area contributed by atoms with Crippen molar-refractivity contribution in [3.05, 3.63) is 0 Å². The molecule has 0 aromatic rings. The molecule has 0 aromatic carbocycles. The summed E-state index contributed by atoms with van der Waals surface area (Å²) in [6, 6.07) is 0.173. The zero-order chi connectivity index (χ0) is 12.3. The van der Waals surface area contributed by atoms with Crippen LogP contribution in [0.3, 0.4) is 0 Å². The first-order chi connectivity index (χ1) is 8.24. The third-order valence-corrected chi connectivity index (χ3v) is 3.71. The summed E-state index contributed by atoms with van der Waals surface area (Å²) in [7, 11) is 0. The highest BCUT2D eigenvalue weighted by molar-refractivity contribution is 4.89. The number of morpholine rings is 2. The smallest absolute Gasteiger partial charge is 0.0759 e. The first-order valence-electron chi connectivity index (χ1n) is 6.37. The molecule has 17 heavy (non-hydrogen) atoms. The van der Waals surface area contributed by atoms with Crippen molar-refractivity contribution in [2.75, 3.05) is 46.1 Å². The quantitative estimate of drug-likeness (QED) is 0.636. The average molecular weight is 244 g/mol. The van der Waals surface area contributed by atoms with Crippen molar-refractivity contribution in [1.29, 1.82) is 0 Å². The molecule has 2 rings (SSSR count). The minimum atomic E-state index is -0.0299. The lowest BCUT2D eigenvalue weighted by molar-refractivity contribution is -0.0989. The van der Waals surface area contributed by atoms with Gasteiger partial charge in [0, 0.05) is 26.3 Å². The Morgan fingerprint density at radius 1 is 1.24 bits per heavy atom. The van der Waals surface area contributed by atoms with Gasteiger partial charge in [-0.05, 0) is 6.92 Å². The van der Waals surface area contributed by atoms with Crippen molar-refractivity contribution >= 4 is 0 Å². The first kappa shape index (κ1) is 13.2. The lowest BCUT2D eigenvalue weighted by Crippen LogP contribution is -2.65. The van der Waals surface area contributed by atoms with Gasteiger partial charge in [-0.25, -0.2) is 0 Å². The molecule has 2 aliphatic rings. The largest absolute Gasteiger partial charge is 0.379 e. The summed E-state index contributed by atoms with van der Waals surface area (Å²) in [6.45, 7) is 7.53. The van der Waals surface area contributed by atoms with Gasteiger partial charge < -0.3 is 20.9 Å². The van der Waals surface area contributed by atoms with Gasteiger partial charge >= 0.3 is 0 Å². The third kappa shape index (κ3) is 2.96. The minimum Gasteiger partial charge on any atom is -0.379 e. The van der Waals surface area contributed by atoms with Crippen LogP contribution in [-0.4, -0.2) is 74.2 Å². The minimum absolute atomic E-state index is 0.0299. The maximum Gasteiger partial charge on any atom is 0.0759 e. The van der Waals surface area contributed by atoms with Crippen molar-refractivity contribution in [2.45, 2.75) is 25.2 Å². The monoisotopic (exact) mass is 244 g/mol. The summed E-state index contributed by atoms with van der Waals surface area (Å²) in [4.78, 5) is 4.48. The standard InChI is InChI=1S/C11H24N4O2/c1-9-10(15(8-12)4-7-17-9)11(13)14-2-5-16-6-3-14/h9-11H,2-8,12-13H2,1H3. The Balaban J connectivity index is 2.00. The van der Waals surface area contributed by atoms with Crippen LogP contribution in [0.5, 0.6) is 0 Å². The lowest BCUT2D eigenvalue weighted by Gasteiger charge is -2.46. The SMILES string of the molecule is CC1OCCN(CN)C1C(N)N1CCOCC1. The molecule has 3 atom stereocenters. The summed E-state index contributed by atoms with van der Waals surface area (Å²) in [5, 5.41) is 0. The maximum atomic E-state index is 6.37. The van der Waals surface area contributed by atoms with Crippen LogP contribution >= 0.6 is 0 Å². The fourth-order valence-electron chi connectivity index (χ4n) is 2.70. The molecule has 0 aromatic heterocycles. The predicted octanol–water partition coefficient (Wildman–Crippen LogP) is -1.39. The second-order valence-corrected chi connectivity index (χ2v) is 4.70. The Hall–Kier alpha value is -0.240. The van der Waals surface area contributed by atoms with Gasteiger partial charge in [0.05, 0.1) is 38.1 Å². The van der Waals surface area contributed by atoms with Crippen LogP contribution in [0.1, 0.15) is 6.92 Å². The van der Waals surface area contributed by atoms with Gasteiger partial charge in [-0.3, -0.25) is 9.80 Å². The summed E-state index contributed by atoms with van der Waals surface area (Å²) in [6.07, 6.45) is 0.0999. The van der Waals surface area contributed by atoms with Gasteiger partial charge in [-0.1, -0.05) is 0 Å². The van der Waals surface area contributed by atoms with E-state index < -0.39 is 0 Å². The Labute approximate surface area is 103 Å². The van der Waals surface area contributed by atoms with Crippen LogP contribution in [0.15, 0.2) is 0 Å². The molecule has 0 spiro atoms. The molecule has 4 N–H and O–H groups in total. The third-order valence-electron chi connectivity index (χ3n) is 3.71. The maximum absolute atomic E-state index is 6.37. The van der Waals surface area contributed by atoms with E-state index in [1.807, 2.05) is 0 Å². The highest BCUT2D eigenvalue weighted by atomic mass is 16.5. The molecule has 0 aliphatic carbocycles. The Morgan fingerprint density at radius 3 is 2.59 bits per heavy atom. The summed E-state index contributed by atoms with van der Waals surface area (Å²) >= 11 is 0. The van der Waals surface area contributed by atoms with E-state index in [-0.39, 0.29) is 18.3 Å². The van der Waals surface area contributed by atoms with E-state index >= 15 is 0 Å². The van der Waals surface area contributed by atoms with E-state index in [1.165, 1.54) is 0 Å². The van der Waals surface area contributed by atoms with Crippen LogP contribution in [0, 0.1) is 0 Å². The van der Waals surface area contributed by atoms with Gasteiger partial charge in [0.2, 0.25) is 0 Å². The zero-order valence-electron chi connectivity index (χ0n) is 10.5. The van der Waals surface area contributed by atoms with Gasteiger partial charge in [-0.15, -0.1) is 0 Å². The number of hydrogen-bond acceptors (Lipinski definition) is 6. The zero-order valence-corrected chi connectivity index (χ0v) is 10.5. The summed E-state index contributed by atoms with van der Waals surface area (Å²) in [5.41, 5.74) is 12.2. The summed E-state index contributed by atoms with van der Waals surface area (Å²) < 4.78 is 11.0. The highest BCUT2D eigenvalue weighted by Crippen LogP contribution is 2.18. The lowest BCUT2D eigenvalue weighted by atomic mass is 10.0. The molecule has 2 fully saturated rings. The van der Waals surface area contributed by atoms with Crippen molar-refractivity contribution in [3.63, 3.8) is 0 Å². The molecule has 0 radical (unpaired) electrons. The average Bonchev–Trinajstić information content (AvgIpc) is 2.38. The van der Waals surface area contributed by atoms with Crippen molar-refractivity contribution in [2.24, 2.45) is 11.5 Å². The number of nitrogens with two attached hydrogens (primary N) is 2.